The van der Waals surface area contributed by atoms with E-state index in [4.69, 9.17) is 4.74 Å². The van der Waals surface area contributed by atoms with Crippen molar-refractivity contribution in [3.05, 3.63) is 71.0 Å². The summed E-state index contributed by atoms with van der Waals surface area (Å²) < 4.78 is 17.7. The van der Waals surface area contributed by atoms with E-state index in [1.54, 1.807) is 23.9 Å². The number of carbonyl (C=O) groups is 3. The highest BCUT2D eigenvalue weighted by Gasteiger charge is 2.56. The van der Waals surface area contributed by atoms with E-state index in [0.717, 1.165) is 43.2 Å². The first-order chi connectivity index (χ1) is 16.3. The lowest BCUT2D eigenvalue weighted by Gasteiger charge is -2.45. The maximum absolute atomic E-state index is 13.0. The van der Waals surface area contributed by atoms with Crippen LogP contribution in [-0.4, -0.2) is 47.8 Å². The van der Waals surface area contributed by atoms with Gasteiger partial charge in [0, 0.05) is 12.7 Å². The Bertz CT molecular complexity index is 997. The van der Waals surface area contributed by atoms with Gasteiger partial charge in [0.25, 0.3) is 5.91 Å². The lowest BCUT2D eigenvalue weighted by Crippen LogP contribution is -2.76. The number of likely N-dealkylation sites (tertiary alicyclic amines) is 1. The minimum atomic E-state index is -0.374. The Labute approximate surface area is 204 Å². The number of hydrogen-bond donors (Lipinski definition) is 1. The monoisotopic (exact) mass is 487 g/mol. The van der Waals surface area contributed by atoms with E-state index in [1.165, 1.54) is 26.2 Å². The molecule has 182 valence electrons. The van der Waals surface area contributed by atoms with Gasteiger partial charge in [0.05, 0.1) is 12.7 Å². The molecular weight excluding hydrogens is 455 g/mol. The molecule has 34 heavy (non-hydrogen) atoms. The van der Waals surface area contributed by atoms with Crippen LogP contribution in [0.15, 0.2) is 48.5 Å². The predicted octanol–water partition coefficient (Wildman–Crippen LogP) is 4.43. The largest absolute Gasteiger partial charge is 0.465 e. The van der Waals surface area contributed by atoms with Crippen molar-refractivity contribution in [3.8, 4) is 0 Å². The molecule has 1 aliphatic rings. The third-order valence-corrected chi connectivity index (χ3v) is 7.29. The molecule has 2 unspecified atom stereocenters. The fraction of sp³-hybridized carbons (Fsp3) is 0.423. The van der Waals surface area contributed by atoms with Crippen molar-refractivity contribution in [1.29, 1.82) is 0 Å². The average Bonchev–Trinajstić information content (AvgIpc) is 2.83. The molecule has 2 atom stereocenters. The molecule has 1 aliphatic heterocycles. The number of benzene rings is 2. The highest BCUT2D eigenvalue weighted by Crippen LogP contribution is 2.32. The van der Waals surface area contributed by atoms with Crippen molar-refractivity contribution in [1.82, 2.24) is 5.43 Å². The number of hydrogen-bond acceptors (Lipinski definition) is 5. The first-order valence-electron chi connectivity index (χ1n) is 11.6. The number of ether oxygens (including phenoxy) is 1. The number of β-lactam (4-membered cyclic amide) rings is 1. The van der Waals surface area contributed by atoms with E-state index in [-0.39, 0.29) is 33.4 Å². The summed E-state index contributed by atoms with van der Waals surface area (Å²) in [5.41, 5.74) is 5.51. The van der Waals surface area contributed by atoms with E-state index in [0.29, 0.717) is 24.4 Å². The Morgan fingerprint density at radius 2 is 1.68 bits per heavy atom. The maximum Gasteiger partial charge on any atom is 0.356 e. The lowest BCUT2D eigenvalue weighted by molar-refractivity contribution is -0.912. The number of carbonyl (C=O) groups excluding carboxylic acids is 3. The highest BCUT2D eigenvalue weighted by atomic mass is 32.2. The second kappa shape index (κ2) is 12.1. The van der Waals surface area contributed by atoms with Gasteiger partial charge in [0.2, 0.25) is 0 Å². The van der Waals surface area contributed by atoms with Crippen LogP contribution in [0.4, 0.5) is 4.39 Å². The Hall–Kier alpha value is -2.71. The van der Waals surface area contributed by atoms with Crippen LogP contribution in [0.2, 0.25) is 0 Å². The normalized spacial score (nSPS) is 19.4. The summed E-state index contributed by atoms with van der Waals surface area (Å²) in [4.78, 5) is 36.3. The summed E-state index contributed by atoms with van der Waals surface area (Å²) in [7, 11) is 1.35. The Morgan fingerprint density at radius 3 is 2.29 bits per heavy atom. The van der Waals surface area contributed by atoms with Gasteiger partial charge in [-0.1, -0.05) is 30.7 Å². The molecule has 0 bridgehead atoms. The van der Waals surface area contributed by atoms with Crippen LogP contribution in [-0.2, 0) is 26.5 Å². The molecular formula is C26H32FN2O4S+. The SMILES string of the molecule is COC(=O)c1ccc(CSC2C[N+](CCCCCCc3ccc(F)cc3)(NC(C)=O)C2=O)cc1. The molecule has 2 aromatic carbocycles. The van der Waals surface area contributed by atoms with Crippen molar-refractivity contribution in [3.63, 3.8) is 0 Å². The van der Waals surface area contributed by atoms with Crippen molar-refractivity contribution in [2.45, 2.75) is 50.0 Å². The molecule has 1 saturated heterocycles. The van der Waals surface area contributed by atoms with Crippen molar-refractivity contribution < 1.29 is 28.1 Å². The van der Waals surface area contributed by atoms with E-state index in [1.807, 2.05) is 24.3 Å². The van der Waals surface area contributed by atoms with Gasteiger partial charge in [0.1, 0.15) is 18.9 Å². The zero-order valence-electron chi connectivity index (χ0n) is 19.7. The van der Waals surface area contributed by atoms with Crippen LogP contribution in [0.1, 0.15) is 54.1 Å². The van der Waals surface area contributed by atoms with Crippen LogP contribution < -0.4 is 5.43 Å². The van der Waals surface area contributed by atoms with E-state index in [2.05, 4.69) is 5.43 Å². The molecule has 0 saturated carbocycles. The number of rotatable bonds is 12. The summed E-state index contributed by atoms with van der Waals surface area (Å²) in [6.07, 6.45) is 4.75. The Morgan fingerprint density at radius 1 is 1.03 bits per heavy atom. The first kappa shape index (κ1) is 25.9. The van der Waals surface area contributed by atoms with E-state index in [9.17, 15) is 18.8 Å². The number of aryl methyl sites for hydroxylation is 1. The molecule has 8 heteroatoms. The fourth-order valence-electron chi connectivity index (χ4n) is 4.17. The average molecular weight is 488 g/mol. The van der Waals surface area contributed by atoms with Crippen LogP contribution in [0, 0.1) is 5.82 Å². The third kappa shape index (κ3) is 6.90. The maximum atomic E-state index is 13.0. The van der Waals surface area contributed by atoms with Gasteiger partial charge in [0.15, 0.2) is 5.25 Å². The lowest BCUT2D eigenvalue weighted by atomic mass is 10.0. The molecule has 2 aromatic rings. The van der Waals surface area contributed by atoms with Crippen LogP contribution >= 0.6 is 11.8 Å². The van der Waals surface area contributed by atoms with Crippen LogP contribution in [0.25, 0.3) is 0 Å². The molecule has 0 spiro atoms. The molecule has 3 rings (SSSR count). The topological polar surface area (TPSA) is 72.5 Å². The number of unbranched alkanes of at least 4 members (excludes halogenated alkanes) is 3. The number of quaternary nitrogens is 1. The van der Waals surface area contributed by atoms with Gasteiger partial charge in [-0.2, -0.15) is 10.0 Å². The van der Waals surface area contributed by atoms with E-state index < -0.39 is 0 Å². The molecule has 2 amide bonds. The van der Waals surface area contributed by atoms with Crippen LogP contribution in [0.5, 0.6) is 0 Å². The predicted molar refractivity (Wildman–Crippen MR) is 130 cm³/mol. The quantitative estimate of drug-likeness (QED) is 0.208. The molecule has 1 heterocycles. The fourth-order valence-corrected chi connectivity index (χ4v) is 5.46. The number of nitrogens with one attached hydrogen (secondary N) is 1. The van der Waals surface area contributed by atoms with Gasteiger partial charge in [-0.05, 0) is 61.1 Å². The van der Waals surface area contributed by atoms with Gasteiger partial charge >= 0.3 is 11.9 Å². The number of nitrogens with zero attached hydrogens (tertiary/aromatic N) is 1. The van der Waals surface area contributed by atoms with E-state index >= 15 is 0 Å². The zero-order chi connectivity index (χ0) is 24.6. The van der Waals surface area contributed by atoms with Crippen molar-refractivity contribution >= 4 is 29.5 Å². The molecule has 0 radical (unpaired) electrons. The van der Waals surface area contributed by atoms with Gasteiger partial charge in [-0.15, -0.1) is 11.8 Å². The van der Waals surface area contributed by atoms with Crippen LogP contribution in [0.3, 0.4) is 0 Å². The smallest absolute Gasteiger partial charge is 0.356 e. The zero-order valence-corrected chi connectivity index (χ0v) is 20.5. The Kier molecular flexibility index (Phi) is 9.24. The minimum absolute atomic E-state index is 0.0201. The molecule has 0 aliphatic carbocycles. The highest BCUT2D eigenvalue weighted by molar-refractivity contribution is 7.99. The van der Waals surface area contributed by atoms with Crippen molar-refractivity contribution in [2.24, 2.45) is 0 Å². The number of amides is 2. The Balaban J connectivity index is 1.42. The standard InChI is InChI=1S/C26H31FN2O4S/c1-19(30)28-29(16-6-4-3-5-7-20-10-14-23(27)15-11-20)17-24(25(29)31)34-18-21-8-12-22(13-9-21)26(32)33-2/h8-15,24H,3-7,16-18H2,1-2H3/p+1. The van der Waals surface area contributed by atoms with Crippen molar-refractivity contribution in [2.75, 3.05) is 20.2 Å². The third-order valence-electron chi connectivity index (χ3n) is 6.04. The molecule has 1 N–H and O–H groups in total. The summed E-state index contributed by atoms with van der Waals surface area (Å²) >= 11 is 1.56. The van der Waals surface area contributed by atoms with Gasteiger partial charge in [-0.3, -0.25) is 4.79 Å². The number of esters is 1. The summed E-state index contributed by atoms with van der Waals surface area (Å²) in [6, 6.07) is 13.8. The molecule has 1 fully saturated rings. The number of methoxy groups -OCH3 is 1. The number of thioether (sulfide) groups is 1. The summed E-state index contributed by atoms with van der Waals surface area (Å²) in [6.45, 7) is 2.62. The molecule has 6 nitrogen and oxygen atoms in total. The minimum Gasteiger partial charge on any atom is -0.465 e. The second-order valence-electron chi connectivity index (χ2n) is 8.66. The summed E-state index contributed by atoms with van der Waals surface area (Å²) in [5, 5.41) is -0.161. The first-order valence-corrected chi connectivity index (χ1v) is 12.6. The number of halogens is 1. The summed E-state index contributed by atoms with van der Waals surface area (Å²) in [5.74, 6) is -0.102. The second-order valence-corrected chi connectivity index (χ2v) is 9.85. The molecule has 0 aromatic heterocycles. The van der Waals surface area contributed by atoms with Gasteiger partial charge in [-0.25, -0.2) is 14.0 Å². The van der Waals surface area contributed by atoms with Gasteiger partial charge < -0.3 is 4.74 Å².